The standard InChI is InChI=1S/C16H19F/c1-12-3-6-14(7-4-12)9-10-15-8-5-13(2)16(17)11-15/h3,5-6,8,11H,4,7,9-10H2,1-2H3. The summed E-state index contributed by atoms with van der Waals surface area (Å²) in [5.41, 5.74) is 4.76. The Labute approximate surface area is 103 Å². The molecule has 0 saturated heterocycles. The van der Waals surface area contributed by atoms with E-state index >= 15 is 0 Å². The van der Waals surface area contributed by atoms with E-state index in [-0.39, 0.29) is 5.82 Å². The molecule has 2 rings (SSSR count). The summed E-state index contributed by atoms with van der Waals surface area (Å²) in [5, 5.41) is 0. The number of allylic oxidation sites excluding steroid dienone is 4. The third-order valence-electron chi connectivity index (χ3n) is 3.42. The van der Waals surface area contributed by atoms with Crippen LogP contribution in [0.3, 0.4) is 0 Å². The minimum Gasteiger partial charge on any atom is -0.207 e. The van der Waals surface area contributed by atoms with Crippen LogP contribution in [0.4, 0.5) is 4.39 Å². The summed E-state index contributed by atoms with van der Waals surface area (Å²) in [6, 6.07) is 5.56. The second kappa shape index (κ2) is 5.31. The molecule has 17 heavy (non-hydrogen) atoms. The molecule has 0 spiro atoms. The fourth-order valence-corrected chi connectivity index (χ4v) is 2.09. The van der Waals surface area contributed by atoms with Gasteiger partial charge in [0.1, 0.15) is 5.82 Å². The maximum absolute atomic E-state index is 13.4. The summed E-state index contributed by atoms with van der Waals surface area (Å²) in [7, 11) is 0. The lowest BCUT2D eigenvalue weighted by Crippen LogP contribution is -1.95. The summed E-state index contributed by atoms with van der Waals surface area (Å²) >= 11 is 0. The first kappa shape index (κ1) is 12.1. The van der Waals surface area contributed by atoms with Crippen LogP contribution in [0.5, 0.6) is 0 Å². The molecule has 0 atom stereocenters. The van der Waals surface area contributed by atoms with E-state index in [4.69, 9.17) is 0 Å². The van der Waals surface area contributed by atoms with Gasteiger partial charge in [-0.25, -0.2) is 4.39 Å². The molecule has 0 aromatic heterocycles. The number of halogens is 1. The van der Waals surface area contributed by atoms with Crippen LogP contribution in [0.15, 0.2) is 41.5 Å². The van der Waals surface area contributed by atoms with Crippen LogP contribution in [0.1, 0.15) is 37.3 Å². The van der Waals surface area contributed by atoms with Crippen molar-refractivity contribution >= 4 is 0 Å². The molecule has 0 N–H and O–H groups in total. The van der Waals surface area contributed by atoms with Gasteiger partial charge in [0.2, 0.25) is 0 Å². The molecule has 0 heterocycles. The van der Waals surface area contributed by atoms with Crippen LogP contribution in [-0.4, -0.2) is 0 Å². The second-order valence-electron chi connectivity index (χ2n) is 4.92. The first-order chi connectivity index (χ1) is 8.15. The minimum absolute atomic E-state index is 0.0872. The molecule has 0 nitrogen and oxygen atoms in total. The minimum atomic E-state index is -0.0872. The smallest absolute Gasteiger partial charge is 0.126 e. The number of hydrogen-bond acceptors (Lipinski definition) is 0. The molecule has 1 heteroatoms. The van der Waals surface area contributed by atoms with Gasteiger partial charge in [0, 0.05) is 0 Å². The molecule has 0 saturated carbocycles. The summed E-state index contributed by atoms with van der Waals surface area (Å²) < 4.78 is 13.4. The lowest BCUT2D eigenvalue weighted by atomic mass is 9.94. The van der Waals surface area contributed by atoms with E-state index < -0.39 is 0 Å². The monoisotopic (exact) mass is 230 g/mol. The fraction of sp³-hybridized carbons (Fsp3) is 0.375. The van der Waals surface area contributed by atoms with Gasteiger partial charge >= 0.3 is 0 Å². The summed E-state index contributed by atoms with van der Waals surface area (Å²) in [6.45, 7) is 3.97. The quantitative estimate of drug-likeness (QED) is 0.704. The van der Waals surface area contributed by atoms with Gasteiger partial charge in [0.25, 0.3) is 0 Å². The van der Waals surface area contributed by atoms with Crippen molar-refractivity contribution in [3.05, 3.63) is 58.4 Å². The molecule has 1 aromatic rings. The number of hydrogen-bond donors (Lipinski definition) is 0. The van der Waals surface area contributed by atoms with E-state index in [1.807, 2.05) is 12.1 Å². The van der Waals surface area contributed by atoms with Crippen molar-refractivity contribution in [1.82, 2.24) is 0 Å². The van der Waals surface area contributed by atoms with Crippen molar-refractivity contribution in [3.8, 4) is 0 Å². The van der Waals surface area contributed by atoms with Crippen molar-refractivity contribution in [2.24, 2.45) is 0 Å². The van der Waals surface area contributed by atoms with E-state index in [1.165, 1.54) is 17.6 Å². The normalized spacial score (nSPS) is 15.5. The Kier molecular flexibility index (Phi) is 3.78. The van der Waals surface area contributed by atoms with Gasteiger partial charge in [-0.2, -0.15) is 0 Å². The first-order valence-electron chi connectivity index (χ1n) is 6.25. The zero-order valence-corrected chi connectivity index (χ0v) is 10.6. The van der Waals surface area contributed by atoms with E-state index in [0.717, 1.165) is 30.4 Å². The van der Waals surface area contributed by atoms with Gasteiger partial charge in [-0.3, -0.25) is 0 Å². The SMILES string of the molecule is CC1=CC=C(CCc2ccc(C)c(F)c2)CC1. The molecule has 0 unspecified atom stereocenters. The van der Waals surface area contributed by atoms with Crippen molar-refractivity contribution in [2.45, 2.75) is 39.5 Å². The van der Waals surface area contributed by atoms with Crippen molar-refractivity contribution < 1.29 is 4.39 Å². The van der Waals surface area contributed by atoms with Gasteiger partial charge in [-0.15, -0.1) is 0 Å². The Morgan fingerprint density at radius 2 is 1.88 bits per heavy atom. The predicted octanol–water partition coefficient (Wildman–Crippen LogP) is 4.73. The Morgan fingerprint density at radius 1 is 1.06 bits per heavy atom. The topological polar surface area (TPSA) is 0 Å². The second-order valence-corrected chi connectivity index (χ2v) is 4.92. The first-order valence-corrected chi connectivity index (χ1v) is 6.25. The summed E-state index contributed by atoms with van der Waals surface area (Å²) in [4.78, 5) is 0. The summed E-state index contributed by atoms with van der Waals surface area (Å²) in [5.74, 6) is -0.0872. The molecule has 0 radical (unpaired) electrons. The molecule has 1 aromatic carbocycles. The predicted molar refractivity (Wildman–Crippen MR) is 70.5 cm³/mol. The van der Waals surface area contributed by atoms with Crippen LogP contribution >= 0.6 is 0 Å². The molecule has 0 bridgehead atoms. The number of rotatable bonds is 3. The van der Waals surface area contributed by atoms with Crippen LogP contribution in [0.25, 0.3) is 0 Å². The van der Waals surface area contributed by atoms with Gasteiger partial charge in [-0.05, 0) is 56.7 Å². The van der Waals surface area contributed by atoms with Crippen molar-refractivity contribution in [3.63, 3.8) is 0 Å². The molecule has 1 aliphatic carbocycles. The van der Waals surface area contributed by atoms with Crippen LogP contribution < -0.4 is 0 Å². The number of aryl methyl sites for hydroxylation is 2. The van der Waals surface area contributed by atoms with Crippen LogP contribution in [0, 0.1) is 12.7 Å². The maximum atomic E-state index is 13.4. The van der Waals surface area contributed by atoms with Gasteiger partial charge in [0.15, 0.2) is 0 Å². The van der Waals surface area contributed by atoms with Gasteiger partial charge < -0.3 is 0 Å². The average Bonchev–Trinajstić information content (AvgIpc) is 2.33. The molecular formula is C16H19F. The molecule has 0 aliphatic heterocycles. The Hall–Kier alpha value is -1.37. The third-order valence-corrected chi connectivity index (χ3v) is 3.42. The molecule has 0 fully saturated rings. The van der Waals surface area contributed by atoms with Crippen molar-refractivity contribution in [1.29, 1.82) is 0 Å². The molecule has 1 aliphatic rings. The Bertz CT molecular complexity index is 466. The largest absolute Gasteiger partial charge is 0.207 e. The van der Waals surface area contributed by atoms with E-state index in [0.29, 0.717) is 0 Å². The highest BCUT2D eigenvalue weighted by molar-refractivity contribution is 5.26. The van der Waals surface area contributed by atoms with E-state index in [9.17, 15) is 4.39 Å². The fourth-order valence-electron chi connectivity index (χ4n) is 2.09. The highest BCUT2D eigenvalue weighted by Crippen LogP contribution is 2.22. The van der Waals surface area contributed by atoms with Gasteiger partial charge in [0.05, 0.1) is 0 Å². The molecular weight excluding hydrogens is 211 g/mol. The van der Waals surface area contributed by atoms with Gasteiger partial charge in [-0.1, -0.05) is 35.4 Å². The maximum Gasteiger partial charge on any atom is 0.126 e. The van der Waals surface area contributed by atoms with Crippen LogP contribution in [0.2, 0.25) is 0 Å². The summed E-state index contributed by atoms with van der Waals surface area (Å²) in [6.07, 6.45) is 8.75. The van der Waals surface area contributed by atoms with Crippen molar-refractivity contribution in [2.75, 3.05) is 0 Å². The zero-order chi connectivity index (χ0) is 12.3. The number of benzene rings is 1. The average molecular weight is 230 g/mol. The Morgan fingerprint density at radius 3 is 2.53 bits per heavy atom. The highest BCUT2D eigenvalue weighted by atomic mass is 19.1. The zero-order valence-electron chi connectivity index (χ0n) is 10.6. The van der Waals surface area contributed by atoms with E-state index in [2.05, 4.69) is 19.1 Å². The van der Waals surface area contributed by atoms with Crippen LogP contribution in [-0.2, 0) is 6.42 Å². The molecule has 90 valence electrons. The lowest BCUT2D eigenvalue weighted by molar-refractivity contribution is 0.615. The lowest BCUT2D eigenvalue weighted by Gasteiger charge is -2.12. The Balaban J connectivity index is 1.96. The third kappa shape index (κ3) is 3.29. The molecule has 0 amide bonds. The van der Waals surface area contributed by atoms with E-state index in [1.54, 1.807) is 13.0 Å². The highest BCUT2D eigenvalue weighted by Gasteiger charge is 2.05.